The standard InChI is InChI=1S/C17H20N2OS/c1-4-9-21-17-15(11-18)14(10-12(2)19-17)13-7-5-6-8-16(13)20-3/h5-8,10,14,19H,4,9H2,1-3H3. The van der Waals surface area contributed by atoms with Crippen LogP contribution in [-0.2, 0) is 0 Å². The van der Waals surface area contributed by atoms with E-state index in [9.17, 15) is 5.26 Å². The molecule has 0 aliphatic carbocycles. The fraction of sp³-hybridized carbons (Fsp3) is 0.353. The number of allylic oxidation sites excluding steroid dienone is 3. The van der Waals surface area contributed by atoms with E-state index in [0.717, 1.165) is 39.8 Å². The molecule has 0 saturated carbocycles. The fourth-order valence-corrected chi connectivity index (χ4v) is 3.34. The van der Waals surface area contributed by atoms with Crippen LogP contribution in [0.5, 0.6) is 5.75 Å². The second-order valence-corrected chi connectivity index (χ2v) is 6.00. The van der Waals surface area contributed by atoms with Gasteiger partial charge < -0.3 is 10.1 Å². The number of ether oxygens (including phenoxy) is 1. The first-order chi connectivity index (χ1) is 10.2. The molecule has 1 unspecified atom stereocenters. The van der Waals surface area contributed by atoms with Gasteiger partial charge in [-0.25, -0.2) is 0 Å². The van der Waals surface area contributed by atoms with Gasteiger partial charge in [0.2, 0.25) is 0 Å². The van der Waals surface area contributed by atoms with E-state index < -0.39 is 0 Å². The Morgan fingerprint density at radius 2 is 2.14 bits per heavy atom. The highest BCUT2D eigenvalue weighted by molar-refractivity contribution is 8.03. The van der Waals surface area contributed by atoms with E-state index in [4.69, 9.17) is 4.74 Å². The van der Waals surface area contributed by atoms with Gasteiger partial charge in [0, 0.05) is 17.2 Å². The normalized spacial score (nSPS) is 17.8. The molecular formula is C17H20N2OS. The van der Waals surface area contributed by atoms with E-state index in [1.807, 2.05) is 31.2 Å². The molecule has 1 atom stereocenters. The summed E-state index contributed by atoms with van der Waals surface area (Å²) in [6.07, 6.45) is 3.17. The minimum absolute atomic E-state index is 0.0493. The molecule has 0 bridgehead atoms. The molecule has 1 aliphatic rings. The van der Waals surface area contributed by atoms with Crippen LogP contribution in [0, 0.1) is 11.3 Å². The Hall–Kier alpha value is -1.86. The molecule has 1 aliphatic heterocycles. The molecule has 2 rings (SSSR count). The van der Waals surface area contributed by atoms with E-state index in [1.54, 1.807) is 18.9 Å². The number of nitriles is 1. The molecular weight excluding hydrogens is 280 g/mol. The van der Waals surface area contributed by atoms with E-state index in [-0.39, 0.29) is 5.92 Å². The maximum atomic E-state index is 9.61. The van der Waals surface area contributed by atoms with Crippen LogP contribution >= 0.6 is 11.8 Å². The number of nitrogens with one attached hydrogen (secondary N) is 1. The van der Waals surface area contributed by atoms with Crippen molar-refractivity contribution in [3.63, 3.8) is 0 Å². The molecule has 0 saturated heterocycles. The van der Waals surface area contributed by atoms with Crippen LogP contribution < -0.4 is 10.1 Å². The Kier molecular flexibility index (Phi) is 5.35. The molecule has 0 amide bonds. The van der Waals surface area contributed by atoms with Gasteiger partial charge in [0.1, 0.15) is 5.75 Å². The van der Waals surface area contributed by atoms with E-state index >= 15 is 0 Å². The van der Waals surface area contributed by atoms with Crippen molar-refractivity contribution in [1.29, 1.82) is 5.26 Å². The lowest BCUT2D eigenvalue weighted by atomic mass is 9.89. The first kappa shape index (κ1) is 15.5. The fourth-order valence-electron chi connectivity index (χ4n) is 2.37. The summed E-state index contributed by atoms with van der Waals surface area (Å²) in [5, 5.41) is 13.9. The number of benzene rings is 1. The Morgan fingerprint density at radius 3 is 2.81 bits per heavy atom. The molecule has 0 radical (unpaired) electrons. The van der Waals surface area contributed by atoms with Crippen molar-refractivity contribution < 1.29 is 4.74 Å². The van der Waals surface area contributed by atoms with Crippen molar-refractivity contribution in [3.8, 4) is 11.8 Å². The van der Waals surface area contributed by atoms with Crippen LogP contribution in [0.1, 0.15) is 31.7 Å². The van der Waals surface area contributed by atoms with E-state index in [2.05, 4.69) is 24.4 Å². The monoisotopic (exact) mass is 300 g/mol. The number of rotatable bonds is 5. The van der Waals surface area contributed by atoms with Gasteiger partial charge in [-0.3, -0.25) is 0 Å². The molecule has 0 spiro atoms. The number of hydrogen-bond acceptors (Lipinski definition) is 4. The summed E-state index contributed by atoms with van der Waals surface area (Å²) >= 11 is 1.71. The van der Waals surface area contributed by atoms with Crippen LogP contribution in [0.15, 0.2) is 46.6 Å². The molecule has 0 fully saturated rings. The largest absolute Gasteiger partial charge is 0.496 e. The topological polar surface area (TPSA) is 45.0 Å². The Morgan fingerprint density at radius 1 is 1.38 bits per heavy atom. The molecule has 1 aromatic rings. The van der Waals surface area contributed by atoms with Crippen LogP contribution in [0.2, 0.25) is 0 Å². The van der Waals surface area contributed by atoms with Crippen LogP contribution in [0.3, 0.4) is 0 Å². The van der Waals surface area contributed by atoms with Gasteiger partial charge >= 0.3 is 0 Å². The third-order valence-electron chi connectivity index (χ3n) is 3.33. The maximum absolute atomic E-state index is 9.61. The number of thioether (sulfide) groups is 1. The highest BCUT2D eigenvalue weighted by Gasteiger charge is 2.25. The van der Waals surface area contributed by atoms with Gasteiger partial charge in [0.15, 0.2) is 0 Å². The second-order valence-electron chi connectivity index (χ2n) is 4.90. The average Bonchev–Trinajstić information content (AvgIpc) is 2.52. The number of methoxy groups -OCH3 is 1. The summed E-state index contributed by atoms with van der Waals surface area (Å²) in [6.45, 7) is 4.17. The first-order valence-electron chi connectivity index (χ1n) is 7.06. The van der Waals surface area contributed by atoms with Crippen LogP contribution in [-0.4, -0.2) is 12.9 Å². The van der Waals surface area contributed by atoms with Gasteiger partial charge in [-0.1, -0.05) is 31.2 Å². The quantitative estimate of drug-likeness (QED) is 0.886. The van der Waals surface area contributed by atoms with E-state index in [0.29, 0.717) is 0 Å². The lowest BCUT2D eigenvalue weighted by molar-refractivity contribution is 0.409. The summed E-state index contributed by atoms with van der Waals surface area (Å²) < 4.78 is 5.45. The van der Waals surface area contributed by atoms with Gasteiger partial charge in [-0.15, -0.1) is 11.8 Å². The van der Waals surface area contributed by atoms with Crippen LogP contribution in [0.4, 0.5) is 0 Å². The van der Waals surface area contributed by atoms with E-state index in [1.165, 1.54) is 0 Å². The zero-order valence-electron chi connectivity index (χ0n) is 12.6. The Balaban J connectivity index is 2.46. The molecule has 1 aromatic carbocycles. The van der Waals surface area contributed by atoms with Gasteiger partial charge in [0.05, 0.1) is 23.8 Å². The number of para-hydroxylation sites is 1. The predicted octanol–water partition coefficient (Wildman–Crippen LogP) is 4.16. The zero-order valence-corrected chi connectivity index (χ0v) is 13.5. The highest BCUT2D eigenvalue weighted by Crippen LogP contribution is 2.39. The third kappa shape index (κ3) is 3.43. The lowest BCUT2D eigenvalue weighted by Crippen LogP contribution is -2.20. The molecule has 0 aromatic heterocycles. The van der Waals surface area contributed by atoms with Gasteiger partial charge in [-0.2, -0.15) is 5.26 Å². The van der Waals surface area contributed by atoms with Crippen molar-refractivity contribution >= 4 is 11.8 Å². The van der Waals surface area contributed by atoms with Crippen molar-refractivity contribution in [2.75, 3.05) is 12.9 Å². The maximum Gasteiger partial charge on any atom is 0.123 e. The number of nitrogens with zero attached hydrogens (tertiary/aromatic N) is 1. The van der Waals surface area contributed by atoms with Crippen molar-refractivity contribution in [3.05, 3.63) is 52.2 Å². The number of dihydropyridines is 1. The summed E-state index contributed by atoms with van der Waals surface area (Å²) in [4.78, 5) is 0. The van der Waals surface area contributed by atoms with Crippen LogP contribution in [0.25, 0.3) is 0 Å². The molecule has 3 nitrogen and oxygen atoms in total. The van der Waals surface area contributed by atoms with Crippen molar-refractivity contribution in [2.24, 2.45) is 0 Å². The highest BCUT2D eigenvalue weighted by atomic mass is 32.2. The zero-order chi connectivity index (χ0) is 15.2. The SMILES string of the molecule is CCCSC1=C(C#N)C(c2ccccc2OC)C=C(C)N1. The molecule has 110 valence electrons. The Bertz CT molecular complexity index is 613. The minimum Gasteiger partial charge on any atom is -0.496 e. The van der Waals surface area contributed by atoms with Crippen molar-refractivity contribution in [1.82, 2.24) is 5.32 Å². The average molecular weight is 300 g/mol. The third-order valence-corrected chi connectivity index (χ3v) is 4.55. The molecule has 1 N–H and O–H groups in total. The summed E-state index contributed by atoms with van der Waals surface area (Å²) in [5.41, 5.74) is 2.87. The Labute approximate surface area is 130 Å². The second kappa shape index (κ2) is 7.24. The van der Waals surface area contributed by atoms with Gasteiger partial charge in [-0.05, 0) is 25.2 Å². The predicted molar refractivity (Wildman–Crippen MR) is 88.0 cm³/mol. The summed E-state index contributed by atoms with van der Waals surface area (Å²) in [6, 6.07) is 10.3. The summed E-state index contributed by atoms with van der Waals surface area (Å²) in [7, 11) is 1.67. The first-order valence-corrected chi connectivity index (χ1v) is 8.05. The lowest BCUT2D eigenvalue weighted by Gasteiger charge is -2.25. The van der Waals surface area contributed by atoms with Crippen molar-refractivity contribution in [2.45, 2.75) is 26.2 Å². The van der Waals surface area contributed by atoms with Gasteiger partial charge in [0.25, 0.3) is 0 Å². The smallest absolute Gasteiger partial charge is 0.123 e. The summed E-state index contributed by atoms with van der Waals surface area (Å²) in [5.74, 6) is 1.77. The molecule has 4 heteroatoms. The minimum atomic E-state index is -0.0493. The molecule has 21 heavy (non-hydrogen) atoms. The number of hydrogen-bond donors (Lipinski definition) is 1. The molecule has 1 heterocycles.